The molecule has 1 heterocycles. The molecular formula is C21H25N3O4. The van der Waals surface area contributed by atoms with Gasteiger partial charge in [0.05, 0.1) is 0 Å². The van der Waals surface area contributed by atoms with Crippen LogP contribution in [0.2, 0.25) is 0 Å². The third kappa shape index (κ3) is 5.23. The molecule has 1 aliphatic rings. The van der Waals surface area contributed by atoms with Crippen molar-refractivity contribution in [2.24, 2.45) is 0 Å². The topological polar surface area (TPSA) is 88.7 Å². The van der Waals surface area contributed by atoms with E-state index in [0.717, 1.165) is 22.6 Å². The monoisotopic (exact) mass is 383 g/mol. The Kier molecular flexibility index (Phi) is 6.86. The van der Waals surface area contributed by atoms with Crippen molar-refractivity contribution in [3.63, 3.8) is 0 Å². The Labute approximate surface area is 164 Å². The van der Waals surface area contributed by atoms with Crippen LogP contribution in [0, 0.1) is 0 Å². The average Bonchev–Trinajstić information content (AvgIpc) is 2.71. The van der Waals surface area contributed by atoms with Crippen LogP contribution in [0.5, 0.6) is 11.5 Å². The molecule has 0 fully saturated rings. The van der Waals surface area contributed by atoms with Gasteiger partial charge in [-0.2, -0.15) is 0 Å². The number of hydrogen-bond acceptors (Lipinski definition) is 5. The maximum absolute atomic E-state index is 12.6. The molecule has 7 nitrogen and oxygen atoms in total. The standard InChI is InChI=1S/C21H25N3O4/c1-2-22-21(26)24-20(25)19(16-6-4-3-5-7-16)23-11-10-15-8-9-17-18(14-15)28-13-12-27-17/h3-9,14,19,23H,2,10-13H2,1H3,(H2,22,24,25,26)/t19-/m1/s1. The van der Waals surface area contributed by atoms with Crippen molar-refractivity contribution in [2.75, 3.05) is 26.3 Å². The van der Waals surface area contributed by atoms with Gasteiger partial charge in [0.1, 0.15) is 19.3 Å². The minimum atomic E-state index is -0.624. The number of carbonyl (C=O) groups excluding carboxylic acids is 2. The fourth-order valence-corrected chi connectivity index (χ4v) is 3.00. The quantitative estimate of drug-likeness (QED) is 0.682. The molecule has 0 bridgehead atoms. The van der Waals surface area contributed by atoms with Crippen molar-refractivity contribution < 1.29 is 19.1 Å². The van der Waals surface area contributed by atoms with Gasteiger partial charge in [-0.25, -0.2) is 4.79 Å². The van der Waals surface area contributed by atoms with E-state index in [9.17, 15) is 9.59 Å². The Morgan fingerprint density at radius 1 is 1.04 bits per heavy atom. The molecule has 1 atom stereocenters. The summed E-state index contributed by atoms with van der Waals surface area (Å²) < 4.78 is 11.1. The van der Waals surface area contributed by atoms with E-state index in [2.05, 4.69) is 16.0 Å². The lowest BCUT2D eigenvalue weighted by Crippen LogP contribution is -2.45. The van der Waals surface area contributed by atoms with Gasteiger partial charge in [0.2, 0.25) is 5.91 Å². The Morgan fingerprint density at radius 2 is 1.79 bits per heavy atom. The summed E-state index contributed by atoms with van der Waals surface area (Å²) in [4.78, 5) is 24.3. The van der Waals surface area contributed by atoms with E-state index in [1.54, 1.807) is 6.92 Å². The molecule has 0 radical (unpaired) electrons. The molecule has 7 heteroatoms. The number of hydrogen-bond donors (Lipinski definition) is 3. The van der Waals surface area contributed by atoms with Crippen LogP contribution in [0.15, 0.2) is 48.5 Å². The number of benzene rings is 2. The molecular weight excluding hydrogens is 358 g/mol. The Balaban J connectivity index is 1.63. The number of rotatable bonds is 7. The van der Waals surface area contributed by atoms with Gasteiger partial charge in [-0.05, 0) is 36.6 Å². The van der Waals surface area contributed by atoms with Crippen LogP contribution in [0.1, 0.15) is 24.1 Å². The van der Waals surface area contributed by atoms with Gasteiger partial charge in [0.15, 0.2) is 11.5 Å². The molecule has 3 amide bonds. The lowest BCUT2D eigenvalue weighted by molar-refractivity contribution is -0.122. The van der Waals surface area contributed by atoms with Crippen LogP contribution in [0.3, 0.4) is 0 Å². The van der Waals surface area contributed by atoms with Gasteiger partial charge < -0.3 is 20.1 Å². The van der Waals surface area contributed by atoms with E-state index >= 15 is 0 Å². The predicted molar refractivity (Wildman–Crippen MR) is 106 cm³/mol. The Bertz CT molecular complexity index is 811. The summed E-state index contributed by atoms with van der Waals surface area (Å²) in [5.74, 6) is 1.11. The number of urea groups is 1. The minimum absolute atomic E-state index is 0.390. The first-order valence-corrected chi connectivity index (χ1v) is 9.43. The highest BCUT2D eigenvalue weighted by Gasteiger charge is 2.21. The molecule has 0 unspecified atom stereocenters. The van der Waals surface area contributed by atoms with E-state index < -0.39 is 12.1 Å². The lowest BCUT2D eigenvalue weighted by atomic mass is 10.1. The third-order valence-electron chi connectivity index (χ3n) is 4.34. The van der Waals surface area contributed by atoms with Crippen molar-refractivity contribution in [3.8, 4) is 11.5 Å². The van der Waals surface area contributed by atoms with Gasteiger partial charge in [-0.1, -0.05) is 36.4 Å². The maximum Gasteiger partial charge on any atom is 0.321 e. The molecule has 148 valence electrons. The molecule has 0 aromatic heterocycles. The molecule has 0 saturated heterocycles. The van der Waals surface area contributed by atoms with Crippen LogP contribution in [0.25, 0.3) is 0 Å². The minimum Gasteiger partial charge on any atom is -0.486 e. The SMILES string of the molecule is CCNC(=O)NC(=O)[C@H](NCCc1ccc2c(c1)OCCO2)c1ccccc1. The molecule has 2 aromatic carbocycles. The second-order valence-corrected chi connectivity index (χ2v) is 6.37. The molecule has 0 saturated carbocycles. The number of nitrogens with one attached hydrogen (secondary N) is 3. The fraction of sp³-hybridized carbons (Fsp3) is 0.333. The molecule has 28 heavy (non-hydrogen) atoms. The van der Waals surface area contributed by atoms with Crippen molar-refractivity contribution in [1.29, 1.82) is 0 Å². The highest BCUT2D eigenvalue weighted by molar-refractivity contribution is 5.97. The molecule has 3 rings (SSSR count). The van der Waals surface area contributed by atoms with Crippen molar-refractivity contribution in [1.82, 2.24) is 16.0 Å². The zero-order valence-corrected chi connectivity index (χ0v) is 15.9. The Morgan fingerprint density at radius 3 is 2.54 bits per heavy atom. The molecule has 0 aliphatic carbocycles. The van der Waals surface area contributed by atoms with Gasteiger partial charge in [0, 0.05) is 13.1 Å². The van der Waals surface area contributed by atoms with Gasteiger partial charge in [0.25, 0.3) is 0 Å². The summed E-state index contributed by atoms with van der Waals surface area (Å²) in [6, 6.07) is 14.1. The molecule has 1 aliphatic heterocycles. The van der Waals surface area contributed by atoms with E-state index in [1.807, 2.05) is 48.5 Å². The van der Waals surface area contributed by atoms with Crippen molar-refractivity contribution >= 4 is 11.9 Å². The van der Waals surface area contributed by atoms with Crippen LogP contribution >= 0.6 is 0 Å². The average molecular weight is 383 g/mol. The van der Waals surface area contributed by atoms with Crippen molar-refractivity contribution in [3.05, 3.63) is 59.7 Å². The number of amides is 3. The van der Waals surface area contributed by atoms with E-state index in [4.69, 9.17) is 9.47 Å². The van der Waals surface area contributed by atoms with E-state index in [0.29, 0.717) is 32.7 Å². The highest BCUT2D eigenvalue weighted by Crippen LogP contribution is 2.30. The zero-order valence-electron chi connectivity index (χ0n) is 15.9. The molecule has 2 aromatic rings. The predicted octanol–water partition coefficient (Wildman–Crippen LogP) is 2.18. The first-order chi connectivity index (χ1) is 13.7. The van der Waals surface area contributed by atoms with Crippen LogP contribution in [-0.4, -0.2) is 38.2 Å². The number of fused-ring (bicyclic) bond motifs is 1. The van der Waals surface area contributed by atoms with Gasteiger partial charge >= 0.3 is 6.03 Å². The highest BCUT2D eigenvalue weighted by atomic mass is 16.6. The third-order valence-corrected chi connectivity index (χ3v) is 4.34. The first-order valence-electron chi connectivity index (χ1n) is 9.43. The van der Waals surface area contributed by atoms with Gasteiger partial charge in [-0.15, -0.1) is 0 Å². The summed E-state index contributed by atoms with van der Waals surface area (Å²) in [6.07, 6.45) is 0.703. The van der Waals surface area contributed by atoms with E-state index in [1.165, 1.54) is 0 Å². The van der Waals surface area contributed by atoms with Crippen LogP contribution in [0.4, 0.5) is 4.79 Å². The molecule has 0 spiro atoms. The fourth-order valence-electron chi connectivity index (χ4n) is 3.00. The summed E-state index contributed by atoms with van der Waals surface area (Å²) in [5, 5.41) is 8.20. The summed E-state index contributed by atoms with van der Waals surface area (Å²) in [6.45, 7) is 3.91. The van der Waals surface area contributed by atoms with E-state index in [-0.39, 0.29) is 5.91 Å². The summed E-state index contributed by atoms with van der Waals surface area (Å²) >= 11 is 0. The summed E-state index contributed by atoms with van der Waals surface area (Å²) in [5.41, 5.74) is 1.87. The van der Waals surface area contributed by atoms with Gasteiger partial charge in [-0.3, -0.25) is 10.1 Å². The van der Waals surface area contributed by atoms with Crippen LogP contribution < -0.4 is 25.4 Å². The number of ether oxygens (including phenoxy) is 2. The normalized spacial score (nSPS) is 13.5. The summed E-state index contributed by atoms with van der Waals surface area (Å²) in [7, 11) is 0. The second kappa shape index (κ2) is 9.75. The number of carbonyl (C=O) groups is 2. The smallest absolute Gasteiger partial charge is 0.321 e. The lowest BCUT2D eigenvalue weighted by Gasteiger charge is -2.20. The zero-order chi connectivity index (χ0) is 19.8. The van der Waals surface area contributed by atoms with Crippen LogP contribution in [-0.2, 0) is 11.2 Å². The Hall–Kier alpha value is -3.06. The first kappa shape index (κ1) is 19.7. The second-order valence-electron chi connectivity index (χ2n) is 6.37. The largest absolute Gasteiger partial charge is 0.486 e. The molecule has 3 N–H and O–H groups in total. The van der Waals surface area contributed by atoms with Crippen molar-refractivity contribution in [2.45, 2.75) is 19.4 Å². The maximum atomic E-state index is 12.6. The number of imide groups is 1.